The fourth-order valence-electron chi connectivity index (χ4n) is 8.28. The van der Waals surface area contributed by atoms with Gasteiger partial charge in [-0.2, -0.15) is 0 Å². The van der Waals surface area contributed by atoms with E-state index in [4.69, 9.17) is 14.1 Å². The predicted octanol–water partition coefficient (Wildman–Crippen LogP) is 12.7. The minimum Gasteiger partial charge on any atom is -0.435 e. The fraction of sp³-hybridized carbons (Fsp3) is 0.467. The van der Waals surface area contributed by atoms with Crippen LogP contribution in [0.5, 0.6) is 5.75 Å². The van der Waals surface area contributed by atoms with E-state index in [0.717, 1.165) is 53.1 Å². The van der Waals surface area contributed by atoms with Crippen LogP contribution in [0.25, 0.3) is 44.1 Å². The summed E-state index contributed by atoms with van der Waals surface area (Å²) in [4.78, 5) is 18.0. The normalized spacial score (nSPS) is 18.4. The van der Waals surface area contributed by atoms with Crippen LogP contribution in [-0.4, -0.2) is 11.0 Å². The maximum absolute atomic E-state index is 12.9. The lowest BCUT2D eigenvalue weighted by Crippen LogP contribution is -2.23. The predicted molar refractivity (Wildman–Crippen MR) is 203 cm³/mol. The third kappa shape index (κ3) is 7.64. The van der Waals surface area contributed by atoms with Gasteiger partial charge in [0, 0.05) is 16.3 Å². The van der Waals surface area contributed by atoms with Crippen molar-refractivity contribution >= 4 is 38.6 Å². The summed E-state index contributed by atoms with van der Waals surface area (Å²) in [6, 6.07) is 21.6. The van der Waals surface area contributed by atoms with E-state index < -0.39 is 0 Å². The minimum atomic E-state index is -0.115. The zero-order valence-electron chi connectivity index (χ0n) is 29.6. The van der Waals surface area contributed by atoms with E-state index in [2.05, 4.69) is 62.4 Å². The van der Waals surface area contributed by atoms with Crippen molar-refractivity contribution in [2.45, 2.75) is 117 Å². The molecule has 2 bridgehead atoms. The molecule has 1 saturated carbocycles. The second kappa shape index (κ2) is 15.7. The van der Waals surface area contributed by atoms with Crippen LogP contribution in [0.1, 0.15) is 115 Å². The number of unbranched alkanes of at least 4 members (excludes halogenated alkanes) is 10. The molecule has 49 heavy (non-hydrogen) atoms. The molecule has 2 aliphatic carbocycles. The standard InChI is InChI=1S/C45H53NO3/c1-3-5-7-9-11-13-15-31-18-25-37-40(28-31)41-29-32(16-14-12-10-8-6-4-2)19-26-38(41)43-42(37)46-44(49-43)34-21-23-36(24-22-34)48-45(47)39-30-33-17-20-35(39)27-33/h17-26,28-29,33,35,39H,3-16,27,30H2,1-2H3. The van der Waals surface area contributed by atoms with Gasteiger partial charge < -0.3 is 9.15 Å². The van der Waals surface area contributed by atoms with Crippen LogP contribution >= 0.6 is 0 Å². The second-order valence-electron chi connectivity index (χ2n) is 14.8. The Kier molecular flexibility index (Phi) is 10.8. The van der Waals surface area contributed by atoms with Crippen molar-refractivity contribution in [3.63, 3.8) is 0 Å². The number of aromatic nitrogens is 1. The third-order valence-electron chi connectivity index (χ3n) is 11.1. The van der Waals surface area contributed by atoms with Crippen LogP contribution in [0.2, 0.25) is 0 Å². The molecule has 0 amide bonds. The first kappa shape index (κ1) is 33.6. The zero-order valence-corrected chi connectivity index (χ0v) is 29.6. The van der Waals surface area contributed by atoms with Crippen molar-refractivity contribution in [3.8, 4) is 17.2 Å². The molecule has 4 aromatic carbocycles. The monoisotopic (exact) mass is 655 g/mol. The van der Waals surface area contributed by atoms with Crippen LogP contribution in [-0.2, 0) is 17.6 Å². The maximum Gasteiger partial charge on any atom is 0.314 e. The number of rotatable bonds is 17. The van der Waals surface area contributed by atoms with Gasteiger partial charge in [-0.25, -0.2) is 4.98 Å². The lowest BCUT2D eigenvalue weighted by atomic mass is 9.94. The first-order valence-electron chi connectivity index (χ1n) is 19.4. The molecule has 4 heteroatoms. The largest absolute Gasteiger partial charge is 0.435 e. The average Bonchev–Trinajstić information content (AvgIpc) is 3.89. The lowest BCUT2D eigenvalue weighted by Gasteiger charge is -2.16. The lowest BCUT2D eigenvalue weighted by molar-refractivity contribution is -0.139. The molecule has 256 valence electrons. The highest BCUT2D eigenvalue weighted by Gasteiger charge is 2.41. The van der Waals surface area contributed by atoms with Crippen molar-refractivity contribution in [2.24, 2.45) is 17.8 Å². The van der Waals surface area contributed by atoms with Gasteiger partial charge >= 0.3 is 5.97 Å². The number of nitrogens with zero attached hydrogens (tertiary/aromatic N) is 1. The molecule has 3 atom stereocenters. The Hall–Kier alpha value is -3.92. The van der Waals surface area contributed by atoms with E-state index in [1.165, 1.54) is 98.9 Å². The van der Waals surface area contributed by atoms with Gasteiger partial charge in [0.25, 0.3) is 0 Å². The van der Waals surface area contributed by atoms with Crippen molar-refractivity contribution < 1.29 is 13.9 Å². The van der Waals surface area contributed by atoms with Gasteiger partial charge in [0.05, 0.1) is 5.92 Å². The maximum atomic E-state index is 12.9. The van der Waals surface area contributed by atoms with Crippen LogP contribution in [0, 0.1) is 17.8 Å². The number of allylic oxidation sites excluding steroid dienone is 2. The summed E-state index contributed by atoms with van der Waals surface area (Å²) in [7, 11) is 0. The fourth-order valence-corrected chi connectivity index (χ4v) is 8.28. The SMILES string of the molecule is CCCCCCCCc1ccc2c(c1)c1cc(CCCCCCCC)ccc1c1oc(-c3ccc(OC(=O)C4CC5C=CC4C5)cc3)nc21. The van der Waals surface area contributed by atoms with E-state index >= 15 is 0 Å². The topological polar surface area (TPSA) is 52.3 Å². The number of fused-ring (bicyclic) bond motifs is 8. The molecule has 7 rings (SSSR count). The molecule has 1 fully saturated rings. The van der Waals surface area contributed by atoms with Crippen molar-refractivity contribution in [1.29, 1.82) is 0 Å². The highest BCUT2D eigenvalue weighted by Crippen LogP contribution is 2.44. The molecule has 5 aromatic rings. The number of hydrogen-bond donors (Lipinski definition) is 0. The van der Waals surface area contributed by atoms with Crippen molar-refractivity contribution in [3.05, 3.63) is 83.9 Å². The van der Waals surface area contributed by atoms with Gasteiger partial charge in [0.15, 0.2) is 5.58 Å². The van der Waals surface area contributed by atoms with E-state index in [0.29, 0.717) is 23.5 Å². The molecule has 4 nitrogen and oxygen atoms in total. The number of ether oxygens (including phenoxy) is 1. The summed E-state index contributed by atoms with van der Waals surface area (Å²) in [6.07, 6.45) is 24.3. The molecule has 3 unspecified atom stereocenters. The molecule has 0 spiro atoms. The summed E-state index contributed by atoms with van der Waals surface area (Å²) in [5, 5.41) is 4.80. The Morgan fingerprint density at radius 3 is 1.92 bits per heavy atom. The minimum absolute atomic E-state index is 0.0223. The summed E-state index contributed by atoms with van der Waals surface area (Å²) in [6.45, 7) is 4.56. The summed E-state index contributed by atoms with van der Waals surface area (Å²) >= 11 is 0. The molecule has 0 aliphatic heterocycles. The summed E-state index contributed by atoms with van der Waals surface area (Å²) in [5.74, 6) is 1.90. The Morgan fingerprint density at radius 2 is 1.31 bits per heavy atom. The number of hydrogen-bond acceptors (Lipinski definition) is 4. The first-order chi connectivity index (χ1) is 24.1. The molecule has 0 N–H and O–H groups in total. The van der Waals surface area contributed by atoms with Gasteiger partial charge in [-0.1, -0.05) is 127 Å². The van der Waals surface area contributed by atoms with Crippen LogP contribution in [0.15, 0.2) is 77.2 Å². The Labute approximate surface area is 292 Å². The second-order valence-corrected chi connectivity index (χ2v) is 14.8. The molecule has 1 heterocycles. The van der Waals surface area contributed by atoms with E-state index in [1.807, 2.05) is 24.3 Å². The van der Waals surface area contributed by atoms with E-state index in [1.54, 1.807) is 0 Å². The highest BCUT2D eigenvalue weighted by atomic mass is 16.5. The van der Waals surface area contributed by atoms with Crippen LogP contribution in [0.4, 0.5) is 0 Å². The van der Waals surface area contributed by atoms with Crippen molar-refractivity contribution in [1.82, 2.24) is 4.98 Å². The third-order valence-corrected chi connectivity index (χ3v) is 11.1. The average molecular weight is 656 g/mol. The summed E-state index contributed by atoms with van der Waals surface area (Å²) < 4.78 is 12.4. The van der Waals surface area contributed by atoms with Crippen LogP contribution < -0.4 is 4.74 Å². The Bertz CT molecular complexity index is 1820. The van der Waals surface area contributed by atoms with Gasteiger partial charge in [0.1, 0.15) is 11.3 Å². The first-order valence-corrected chi connectivity index (χ1v) is 19.4. The molecule has 1 aromatic heterocycles. The number of carbonyl (C=O) groups is 1. The molecule has 2 aliphatic rings. The number of esters is 1. The molecule has 0 saturated heterocycles. The van der Waals surface area contributed by atoms with Gasteiger partial charge in [-0.15, -0.1) is 0 Å². The number of benzene rings is 4. The molecule has 0 radical (unpaired) electrons. The van der Waals surface area contributed by atoms with Gasteiger partial charge in [-0.3, -0.25) is 4.79 Å². The molecular weight excluding hydrogens is 602 g/mol. The zero-order chi connectivity index (χ0) is 33.6. The highest BCUT2D eigenvalue weighted by molar-refractivity contribution is 6.23. The smallest absolute Gasteiger partial charge is 0.314 e. The van der Waals surface area contributed by atoms with Crippen molar-refractivity contribution in [2.75, 3.05) is 0 Å². The van der Waals surface area contributed by atoms with E-state index in [-0.39, 0.29) is 11.9 Å². The number of carbonyl (C=O) groups excluding carboxylic acids is 1. The Morgan fingerprint density at radius 1 is 0.694 bits per heavy atom. The number of aryl methyl sites for hydroxylation is 2. The van der Waals surface area contributed by atoms with Crippen LogP contribution in [0.3, 0.4) is 0 Å². The summed E-state index contributed by atoms with van der Waals surface area (Å²) in [5.41, 5.74) is 5.43. The quantitative estimate of drug-likeness (QED) is 0.0329. The van der Waals surface area contributed by atoms with Gasteiger partial charge in [-0.05, 0) is 96.5 Å². The Balaban J connectivity index is 1.15. The van der Waals surface area contributed by atoms with Gasteiger partial charge in [0.2, 0.25) is 5.89 Å². The number of oxazole rings is 1. The molecular formula is C45H53NO3. The van der Waals surface area contributed by atoms with E-state index in [9.17, 15) is 4.79 Å².